The van der Waals surface area contributed by atoms with Crippen LogP contribution in [-0.2, 0) is 11.2 Å². The number of aromatic amines is 1. The second-order valence-corrected chi connectivity index (χ2v) is 7.77. The number of benzene rings is 3. The number of imide groups is 1. The number of fused-ring (bicyclic) bond motifs is 2. The normalized spacial score (nSPS) is 13.5. The van der Waals surface area contributed by atoms with Gasteiger partial charge in [-0.15, -0.1) is 0 Å². The second kappa shape index (κ2) is 8.13. The number of amides is 2. The van der Waals surface area contributed by atoms with Gasteiger partial charge >= 0.3 is 5.97 Å². The van der Waals surface area contributed by atoms with Crippen molar-refractivity contribution in [1.82, 2.24) is 9.88 Å². The summed E-state index contributed by atoms with van der Waals surface area (Å²) in [5.41, 5.74) is 3.35. The molecule has 1 aliphatic rings. The van der Waals surface area contributed by atoms with E-state index >= 15 is 0 Å². The average Bonchev–Trinajstić information content (AvgIpc) is 3.35. The van der Waals surface area contributed by atoms with Crippen LogP contribution in [0.25, 0.3) is 10.9 Å². The fourth-order valence-corrected chi connectivity index (χ4v) is 4.08. The van der Waals surface area contributed by atoms with Crippen molar-refractivity contribution in [2.45, 2.75) is 12.5 Å². The molecule has 2 heterocycles. The maximum Gasteiger partial charge on any atom is 0.327 e. The van der Waals surface area contributed by atoms with Crippen molar-refractivity contribution in [2.24, 2.45) is 0 Å². The highest BCUT2D eigenvalue weighted by Gasteiger charge is 2.43. The molecule has 3 aromatic carbocycles. The molecule has 1 aliphatic heterocycles. The van der Waals surface area contributed by atoms with E-state index in [0.717, 1.165) is 26.9 Å². The predicted octanol–water partition coefficient (Wildman–Crippen LogP) is 3.86. The highest BCUT2D eigenvalue weighted by Crippen LogP contribution is 2.28. The zero-order chi connectivity index (χ0) is 22.9. The lowest BCUT2D eigenvalue weighted by molar-refractivity contribution is -0.141. The summed E-state index contributed by atoms with van der Waals surface area (Å²) in [6.45, 7) is 0. The summed E-state index contributed by atoms with van der Waals surface area (Å²) in [4.78, 5) is 42.3. The summed E-state index contributed by atoms with van der Waals surface area (Å²) in [5, 5.41) is 10.8. The first-order valence-corrected chi connectivity index (χ1v) is 10.4. The minimum atomic E-state index is -1.32. The number of nitrogens with zero attached hydrogens (tertiary/aromatic N) is 1. The fraction of sp³-hybridized carbons (Fsp3) is 0.0741. The third-order valence-corrected chi connectivity index (χ3v) is 5.73. The van der Waals surface area contributed by atoms with Crippen LogP contribution < -0.4 is 0 Å². The van der Waals surface area contributed by atoms with Crippen LogP contribution in [0.1, 0.15) is 37.4 Å². The monoisotopic (exact) mass is 434 g/mol. The molecule has 1 unspecified atom stereocenters. The lowest BCUT2D eigenvalue weighted by Gasteiger charge is -2.22. The molecule has 0 aliphatic carbocycles. The number of carbonyl (C=O) groups is 3. The highest BCUT2D eigenvalue weighted by molar-refractivity contribution is 6.22. The largest absolute Gasteiger partial charge is 0.480 e. The van der Waals surface area contributed by atoms with E-state index in [-0.39, 0.29) is 17.5 Å². The van der Waals surface area contributed by atoms with Gasteiger partial charge in [0.1, 0.15) is 6.04 Å². The minimum Gasteiger partial charge on any atom is -0.480 e. The first kappa shape index (κ1) is 20.3. The Labute approximate surface area is 189 Å². The van der Waals surface area contributed by atoms with E-state index in [1.54, 1.807) is 18.3 Å². The van der Waals surface area contributed by atoms with E-state index in [0.29, 0.717) is 5.56 Å². The van der Waals surface area contributed by atoms with Crippen molar-refractivity contribution in [3.63, 3.8) is 0 Å². The number of aromatic nitrogens is 1. The Morgan fingerprint density at radius 2 is 1.58 bits per heavy atom. The van der Waals surface area contributed by atoms with Gasteiger partial charge in [0.15, 0.2) is 0 Å². The lowest BCUT2D eigenvalue weighted by atomic mass is 10.0. The third-order valence-electron chi connectivity index (χ3n) is 5.73. The molecule has 6 nitrogen and oxygen atoms in total. The van der Waals surface area contributed by atoms with E-state index in [1.807, 2.05) is 54.6 Å². The highest BCUT2D eigenvalue weighted by atomic mass is 16.4. The second-order valence-electron chi connectivity index (χ2n) is 7.77. The zero-order valence-electron chi connectivity index (χ0n) is 17.4. The molecule has 2 N–H and O–H groups in total. The topological polar surface area (TPSA) is 90.5 Å². The molecule has 2 amide bonds. The van der Waals surface area contributed by atoms with Gasteiger partial charge in [-0.25, -0.2) is 4.79 Å². The van der Waals surface area contributed by atoms with Crippen LogP contribution in [0.3, 0.4) is 0 Å². The first-order valence-electron chi connectivity index (χ1n) is 10.4. The van der Waals surface area contributed by atoms with Crippen LogP contribution in [0.4, 0.5) is 0 Å². The number of para-hydroxylation sites is 1. The van der Waals surface area contributed by atoms with Gasteiger partial charge in [0.2, 0.25) is 0 Å². The van der Waals surface area contributed by atoms with Gasteiger partial charge in [-0.2, -0.15) is 0 Å². The van der Waals surface area contributed by atoms with Gasteiger partial charge in [-0.1, -0.05) is 48.2 Å². The van der Waals surface area contributed by atoms with E-state index in [2.05, 4.69) is 16.8 Å². The van der Waals surface area contributed by atoms with Gasteiger partial charge in [-0.3, -0.25) is 14.5 Å². The number of hydrogen-bond acceptors (Lipinski definition) is 3. The van der Waals surface area contributed by atoms with Crippen LogP contribution in [0.2, 0.25) is 0 Å². The quantitative estimate of drug-likeness (QED) is 0.377. The SMILES string of the molecule is O=C(O)C(Cc1c[nH]c2ccccc12)N1C(=O)c2ccc(C#Cc3ccccc3)cc2C1=O. The summed E-state index contributed by atoms with van der Waals surface area (Å²) in [5.74, 6) is 3.55. The van der Waals surface area contributed by atoms with Gasteiger partial charge in [0.25, 0.3) is 11.8 Å². The van der Waals surface area contributed by atoms with E-state index < -0.39 is 23.8 Å². The number of carboxylic acid groups (broad SMARTS) is 1. The molecule has 0 fully saturated rings. The van der Waals surface area contributed by atoms with Gasteiger partial charge in [0.05, 0.1) is 11.1 Å². The fourth-order valence-electron chi connectivity index (χ4n) is 4.08. The third kappa shape index (κ3) is 3.66. The number of aliphatic carboxylic acids is 1. The molecule has 5 rings (SSSR count). The minimum absolute atomic E-state index is 0.00544. The Bertz CT molecular complexity index is 1470. The van der Waals surface area contributed by atoms with Crippen LogP contribution in [0.15, 0.2) is 79.0 Å². The number of H-pyrrole nitrogens is 1. The molecule has 0 spiro atoms. The summed E-state index contributed by atoms with van der Waals surface area (Å²) in [7, 11) is 0. The average molecular weight is 434 g/mol. The molecule has 0 saturated carbocycles. The molecular weight excluding hydrogens is 416 g/mol. The predicted molar refractivity (Wildman–Crippen MR) is 123 cm³/mol. The Hall–Kier alpha value is -4.63. The maximum atomic E-state index is 13.2. The van der Waals surface area contributed by atoms with Crippen LogP contribution >= 0.6 is 0 Å². The summed E-state index contributed by atoms with van der Waals surface area (Å²) < 4.78 is 0. The van der Waals surface area contributed by atoms with Crippen LogP contribution in [0.5, 0.6) is 0 Å². The number of rotatable bonds is 4. The van der Waals surface area contributed by atoms with Crippen molar-refractivity contribution < 1.29 is 19.5 Å². The van der Waals surface area contributed by atoms with Crippen molar-refractivity contribution in [3.05, 3.63) is 107 Å². The van der Waals surface area contributed by atoms with Gasteiger partial charge in [-0.05, 0) is 42.0 Å². The number of hydrogen-bond donors (Lipinski definition) is 2. The lowest BCUT2D eigenvalue weighted by Crippen LogP contribution is -2.46. The molecule has 0 radical (unpaired) electrons. The summed E-state index contributed by atoms with van der Waals surface area (Å²) >= 11 is 0. The van der Waals surface area contributed by atoms with Crippen molar-refractivity contribution in [1.29, 1.82) is 0 Å². The van der Waals surface area contributed by atoms with Gasteiger partial charge < -0.3 is 10.1 Å². The number of carboxylic acids is 1. The summed E-state index contributed by atoms with van der Waals surface area (Å²) in [6.07, 6.45) is 1.72. The number of nitrogens with one attached hydrogen (secondary N) is 1. The Balaban J connectivity index is 1.46. The van der Waals surface area contributed by atoms with Crippen molar-refractivity contribution in [2.75, 3.05) is 0 Å². The number of carbonyl (C=O) groups excluding carboxylic acids is 2. The van der Waals surface area contributed by atoms with Crippen molar-refractivity contribution >= 4 is 28.7 Å². The molecule has 33 heavy (non-hydrogen) atoms. The molecule has 1 atom stereocenters. The molecule has 0 saturated heterocycles. The molecular formula is C27H18N2O4. The Kier molecular flexibility index (Phi) is 5.00. The molecule has 1 aromatic heterocycles. The van der Waals surface area contributed by atoms with Crippen LogP contribution in [-0.4, -0.2) is 38.8 Å². The smallest absolute Gasteiger partial charge is 0.327 e. The van der Waals surface area contributed by atoms with Gasteiger partial charge in [0, 0.05) is 34.6 Å². The first-order chi connectivity index (χ1) is 16.0. The molecule has 160 valence electrons. The van der Waals surface area contributed by atoms with E-state index in [9.17, 15) is 19.5 Å². The van der Waals surface area contributed by atoms with Crippen LogP contribution in [0, 0.1) is 11.8 Å². The summed E-state index contributed by atoms with van der Waals surface area (Å²) in [6, 6.07) is 20.3. The van der Waals surface area contributed by atoms with E-state index in [1.165, 1.54) is 6.07 Å². The van der Waals surface area contributed by atoms with E-state index in [4.69, 9.17) is 0 Å². The Morgan fingerprint density at radius 3 is 2.36 bits per heavy atom. The molecule has 6 heteroatoms. The Morgan fingerprint density at radius 1 is 0.879 bits per heavy atom. The molecule has 4 aromatic rings. The maximum absolute atomic E-state index is 13.2. The zero-order valence-corrected chi connectivity index (χ0v) is 17.4. The standard InChI is InChI=1S/C27H18N2O4/c30-25-21-13-12-18(11-10-17-6-2-1-3-7-17)14-22(21)26(31)29(25)24(27(32)33)15-19-16-28-23-9-5-4-8-20(19)23/h1-9,12-14,16,24,28H,15H2,(H,32,33). The molecule has 0 bridgehead atoms. The van der Waals surface area contributed by atoms with Crippen molar-refractivity contribution in [3.8, 4) is 11.8 Å².